The summed E-state index contributed by atoms with van der Waals surface area (Å²) in [4.78, 5) is 15.7. The van der Waals surface area contributed by atoms with Crippen molar-refractivity contribution in [1.29, 1.82) is 0 Å². The molecule has 1 atom stereocenters. The van der Waals surface area contributed by atoms with Crippen molar-refractivity contribution >= 4 is 15.9 Å². The molecule has 3 aromatic carbocycles. The summed E-state index contributed by atoms with van der Waals surface area (Å²) in [5, 5.41) is 0. The van der Waals surface area contributed by atoms with Crippen molar-refractivity contribution in [2.24, 2.45) is 0 Å². The van der Waals surface area contributed by atoms with Gasteiger partial charge in [-0.3, -0.25) is 4.79 Å². The maximum atomic E-state index is 13.8. The molecule has 3 aromatic rings. The van der Waals surface area contributed by atoms with Gasteiger partial charge in [-0.2, -0.15) is 0 Å². The molecule has 8 nitrogen and oxygen atoms in total. The molecule has 1 amide bonds. The van der Waals surface area contributed by atoms with Crippen molar-refractivity contribution in [2.75, 3.05) is 41.5 Å². The largest absolute Gasteiger partial charge is 0.493 e. The molecule has 1 unspecified atom stereocenters. The zero-order chi connectivity index (χ0) is 28.3. The Balaban J connectivity index is 1.67. The highest BCUT2D eigenvalue weighted by molar-refractivity contribution is 7.89. The zero-order valence-corrected chi connectivity index (χ0v) is 24.1. The van der Waals surface area contributed by atoms with Gasteiger partial charge in [-0.05, 0) is 77.6 Å². The van der Waals surface area contributed by atoms with Crippen LogP contribution >= 0.6 is 0 Å². The Bertz CT molecular complexity index is 1420. The number of hydrogen-bond donors (Lipinski definition) is 0. The molecule has 39 heavy (non-hydrogen) atoms. The van der Waals surface area contributed by atoms with Crippen LogP contribution in [0.15, 0.2) is 65.6 Å². The normalized spacial score (nSPS) is 15.3. The van der Waals surface area contributed by atoms with Crippen LogP contribution in [0.5, 0.6) is 17.2 Å². The smallest absolute Gasteiger partial charge is 0.254 e. The lowest BCUT2D eigenvalue weighted by atomic mass is 9.91. The molecule has 4 rings (SSSR count). The van der Waals surface area contributed by atoms with Crippen LogP contribution in [-0.2, 0) is 16.4 Å². The third-order valence-corrected chi connectivity index (χ3v) is 8.93. The molecule has 1 aliphatic rings. The summed E-state index contributed by atoms with van der Waals surface area (Å²) in [6.07, 6.45) is 0.633. The van der Waals surface area contributed by atoms with Gasteiger partial charge in [-0.15, -0.1) is 0 Å². The maximum absolute atomic E-state index is 13.8. The van der Waals surface area contributed by atoms with E-state index in [4.69, 9.17) is 14.2 Å². The Hall–Kier alpha value is -3.56. The zero-order valence-electron chi connectivity index (χ0n) is 23.3. The first-order chi connectivity index (χ1) is 18.6. The van der Waals surface area contributed by atoms with Gasteiger partial charge in [0.1, 0.15) is 12.4 Å². The molecule has 9 heteroatoms. The summed E-state index contributed by atoms with van der Waals surface area (Å²) in [6, 6.07) is 17.5. The predicted octanol–water partition coefficient (Wildman–Crippen LogP) is 4.90. The highest BCUT2D eigenvalue weighted by atomic mass is 32.2. The third-order valence-electron chi connectivity index (χ3n) is 7.10. The van der Waals surface area contributed by atoms with Gasteiger partial charge < -0.3 is 19.1 Å². The molecule has 0 bridgehead atoms. The van der Waals surface area contributed by atoms with Gasteiger partial charge in [0.05, 0.1) is 25.2 Å². The Labute approximate surface area is 231 Å². The number of methoxy groups -OCH3 is 2. The second-order valence-electron chi connectivity index (χ2n) is 10.0. The van der Waals surface area contributed by atoms with Crippen LogP contribution in [0.25, 0.3) is 0 Å². The van der Waals surface area contributed by atoms with E-state index in [0.29, 0.717) is 35.9 Å². The number of carbonyl (C=O) groups excluding carboxylic acids is 1. The summed E-state index contributed by atoms with van der Waals surface area (Å²) in [7, 11) is 2.54. The number of rotatable bonds is 9. The Kier molecular flexibility index (Phi) is 8.51. The summed E-state index contributed by atoms with van der Waals surface area (Å²) in [6.45, 7) is 4.99. The monoisotopic (exact) mass is 552 g/mol. The predicted molar refractivity (Wildman–Crippen MR) is 150 cm³/mol. The maximum Gasteiger partial charge on any atom is 0.254 e. The molecule has 1 heterocycles. The average molecular weight is 553 g/mol. The molecule has 0 fully saturated rings. The standard InChI is InChI=1S/C30H36N2O6S/c1-20(2)21-7-11-24(12-8-21)38-19-27-26-18-29(37-6)28(36-5)17-23(26)15-16-32(27)30(33)22-9-13-25(14-10-22)39(34,35)31(3)4/h7-14,17-18,20,27H,15-16,19H2,1-6H3. The highest BCUT2D eigenvalue weighted by Gasteiger charge is 2.33. The Morgan fingerprint density at radius 1 is 0.974 bits per heavy atom. The van der Waals surface area contributed by atoms with Gasteiger partial charge in [0.15, 0.2) is 11.5 Å². The number of hydrogen-bond acceptors (Lipinski definition) is 6. The average Bonchev–Trinajstić information content (AvgIpc) is 2.94. The lowest BCUT2D eigenvalue weighted by molar-refractivity contribution is 0.0589. The fourth-order valence-corrected chi connectivity index (χ4v) is 5.62. The van der Waals surface area contributed by atoms with Gasteiger partial charge in [0.2, 0.25) is 10.0 Å². The van der Waals surface area contributed by atoms with Gasteiger partial charge in [-0.25, -0.2) is 12.7 Å². The Morgan fingerprint density at radius 2 is 1.59 bits per heavy atom. The van der Waals surface area contributed by atoms with Crippen LogP contribution in [-0.4, -0.2) is 65.0 Å². The van der Waals surface area contributed by atoms with Gasteiger partial charge in [-0.1, -0.05) is 26.0 Å². The van der Waals surface area contributed by atoms with E-state index in [1.54, 1.807) is 31.3 Å². The van der Waals surface area contributed by atoms with Crippen LogP contribution in [0.4, 0.5) is 0 Å². The quantitative estimate of drug-likeness (QED) is 0.376. The molecular weight excluding hydrogens is 516 g/mol. The molecular formula is C30H36N2O6S. The Morgan fingerprint density at radius 3 is 2.15 bits per heavy atom. The third kappa shape index (κ3) is 5.89. The summed E-state index contributed by atoms with van der Waals surface area (Å²) in [5.74, 6) is 2.15. The molecule has 0 aliphatic carbocycles. The van der Waals surface area contributed by atoms with Crippen molar-refractivity contribution in [1.82, 2.24) is 9.21 Å². The molecule has 0 spiro atoms. The number of amides is 1. The first kappa shape index (κ1) is 28.4. The molecule has 0 N–H and O–H groups in total. The van der Waals surface area contributed by atoms with Crippen LogP contribution in [0.3, 0.4) is 0 Å². The van der Waals surface area contributed by atoms with Crippen molar-refractivity contribution in [2.45, 2.75) is 37.1 Å². The first-order valence-corrected chi connectivity index (χ1v) is 14.3. The van der Waals surface area contributed by atoms with Gasteiger partial charge in [0, 0.05) is 26.2 Å². The van der Waals surface area contributed by atoms with Crippen LogP contribution in [0, 0.1) is 0 Å². The number of benzene rings is 3. The van der Waals surface area contributed by atoms with Crippen molar-refractivity contribution < 1.29 is 27.4 Å². The number of carbonyl (C=O) groups is 1. The first-order valence-electron chi connectivity index (χ1n) is 12.9. The van der Waals surface area contributed by atoms with Crippen LogP contribution < -0.4 is 14.2 Å². The van der Waals surface area contributed by atoms with Crippen LogP contribution in [0.1, 0.15) is 52.9 Å². The van der Waals surface area contributed by atoms with Gasteiger partial charge >= 0.3 is 0 Å². The minimum atomic E-state index is -3.59. The fourth-order valence-electron chi connectivity index (χ4n) is 4.72. The van der Waals surface area contributed by atoms with E-state index in [-0.39, 0.29) is 17.4 Å². The van der Waals surface area contributed by atoms with Crippen LogP contribution in [0.2, 0.25) is 0 Å². The fraction of sp³-hybridized carbons (Fsp3) is 0.367. The highest BCUT2D eigenvalue weighted by Crippen LogP contribution is 2.39. The lowest BCUT2D eigenvalue weighted by Crippen LogP contribution is -2.42. The SMILES string of the molecule is COc1cc2c(cc1OC)C(COc1ccc(C(C)C)cc1)N(C(=O)c1ccc(S(=O)(=O)N(C)C)cc1)CC2. The van der Waals surface area contributed by atoms with E-state index >= 15 is 0 Å². The van der Waals surface area contributed by atoms with Crippen molar-refractivity contribution in [3.8, 4) is 17.2 Å². The minimum absolute atomic E-state index is 0.134. The van der Waals surface area contributed by atoms with E-state index in [1.807, 2.05) is 24.3 Å². The molecule has 1 aliphatic heterocycles. The lowest BCUT2D eigenvalue weighted by Gasteiger charge is -2.37. The summed E-state index contributed by atoms with van der Waals surface area (Å²) < 4.78 is 43.4. The molecule has 0 radical (unpaired) electrons. The molecule has 0 saturated carbocycles. The van der Waals surface area contributed by atoms with E-state index in [0.717, 1.165) is 21.2 Å². The van der Waals surface area contributed by atoms with E-state index < -0.39 is 16.1 Å². The molecule has 0 aromatic heterocycles. The number of nitrogens with zero attached hydrogens (tertiary/aromatic N) is 2. The van der Waals surface area contributed by atoms with E-state index in [2.05, 4.69) is 26.0 Å². The second-order valence-corrected chi connectivity index (χ2v) is 12.2. The molecule has 208 valence electrons. The second kappa shape index (κ2) is 11.7. The number of ether oxygens (including phenoxy) is 3. The van der Waals surface area contributed by atoms with E-state index in [1.165, 1.54) is 31.8 Å². The number of fused-ring (bicyclic) bond motifs is 1. The number of sulfonamides is 1. The minimum Gasteiger partial charge on any atom is -0.493 e. The summed E-state index contributed by atoms with van der Waals surface area (Å²) >= 11 is 0. The summed E-state index contributed by atoms with van der Waals surface area (Å²) in [5.41, 5.74) is 3.62. The topological polar surface area (TPSA) is 85.4 Å². The molecule has 0 saturated heterocycles. The van der Waals surface area contributed by atoms with Gasteiger partial charge in [0.25, 0.3) is 5.91 Å². The van der Waals surface area contributed by atoms with Crippen molar-refractivity contribution in [3.63, 3.8) is 0 Å². The van der Waals surface area contributed by atoms with E-state index in [9.17, 15) is 13.2 Å². The van der Waals surface area contributed by atoms with Crippen molar-refractivity contribution in [3.05, 3.63) is 82.9 Å².